The number of benzene rings is 4. The summed E-state index contributed by atoms with van der Waals surface area (Å²) in [5, 5.41) is 0. The fraction of sp³-hybridized carbons (Fsp3) is 0.312. The Labute approximate surface area is 380 Å². The second-order valence-corrected chi connectivity index (χ2v) is 19.9. The molecule has 2 aliphatic heterocycles. The van der Waals surface area contributed by atoms with E-state index in [1.807, 2.05) is 75.5 Å². The summed E-state index contributed by atoms with van der Waals surface area (Å²) >= 11 is 0. The van der Waals surface area contributed by atoms with Crippen molar-refractivity contribution in [3.8, 4) is 23.0 Å². The maximum Gasteiger partial charge on any atom is 0.414 e. The van der Waals surface area contributed by atoms with Crippen molar-refractivity contribution in [3.05, 3.63) is 125 Å². The number of methoxy groups -OCH3 is 2. The van der Waals surface area contributed by atoms with Gasteiger partial charge in [-0.05, 0) is 80.9 Å². The van der Waals surface area contributed by atoms with Crippen LogP contribution < -0.4 is 33.6 Å². The average Bonchev–Trinajstić information content (AvgIpc) is 3.87. The summed E-state index contributed by atoms with van der Waals surface area (Å²) in [5.74, 6) is 1.05. The van der Waals surface area contributed by atoms with Crippen molar-refractivity contribution in [1.29, 1.82) is 0 Å². The molecule has 0 spiro atoms. The minimum Gasteiger partial charge on any atom is -0.605 e. The molecule has 7 rings (SSSR count). The number of rotatable bonds is 18. The highest BCUT2D eigenvalue weighted by Crippen LogP contribution is 2.40. The van der Waals surface area contributed by atoms with E-state index in [2.05, 4.69) is 22.7 Å². The highest BCUT2D eigenvalue weighted by Gasteiger charge is 2.35. The van der Waals surface area contributed by atoms with Crippen molar-refractivity contribution >= 4 is 68.8 Å². The van der Waals surface area contributed by atoms with Gasteiger partial charge in [-0.25, -0.2) is 4.79 Å². The third-order valence-electron chi connectivity index (χ3n) is 11.0. The van der Waals surface area contributed by atoms with Gasteiger partial charge >= 0.3 is 6.09 Å². The molecule has 0 fully saturated rings. The van der Waals surface area contributed by atoms with E-state index in [9.17, 15) is 18.9 Å². The Hall–Kier alpha value is -6.23. The summed E-state index contributed by atoms with van der Waals surface area (Å²) in [7, 11) is 4.96. The molecular formula is C48H51N5O9S2. The molecule has 0 N–H and O–H groups in total. The monoisotopic (exact) mass is 905 g/mol. The summed E-state index contributed by atoms with van der Waals surface area (Å²) in [6.07, 6.45) is 3.02. The Bertz CT molecular complexity index is 2540. The van der Waals surface area contributed by atoms with Crippen LogP contribution in [0.2, 0.25) is 0 Å². The summed E-state index contributed by atoms with van der Waals surface area (Å²) < 4.78 is 41.1. The Morgan fingerprint density at radius 3 is 2.20 bits per heavy atom. The molecule has 334 valence electrons. The molecule has 0 saturated carbocycles. The van der Waals surface area contributed by atoms with Crippen molar-refractivity contribution in [2.75, 3.05) is 61.9 Å². The lowest BCUT2D eigenvalue weighted by molar-refractivity contribution is 0.0989. The molecule has 1 aromatic heterocycles. The molecular weight excluding hydrogens is 855 g/mol. The van der Waals surface area contributed by atoms with Gasteiger partial charge in [-0.3, -0.25) is 24.5 Å². The minimum atomic E-state index is -1.19. The fourth-order valence-corrected chi connectivity index (χ4v) is 10.7. The number of aliphatic imine (C=N–C) groups is 1. The summed E-state index contributed by atoms with van der Waals surface area (Å²) in [6.45, 7) is 8.20. The number of aldehydes is 1. The smallest absolute Gasteiger partial charge is 0.414 e. The molecule has 2 amide bonds. The Kier molecular flexibility index (Phi) is 14.4. The molecule has 14 nitrogen and oxygen atoms in total. The lowest BCUT2D eigenvalue weighted by Crippen LogP contribution is -2.45. The summed E-state index contributed by atoms with van der Waals surface area (Å²) in [4.78, 5) is 54.8. The first-order valence-corrected chi connectivity index (χ1v) is 23.5. The highest BCUT2D eigenvalue weighted by atomic mass is 33.1. The molecule has 0 bridgehead atoms. The van der Waals surface area contributed by atoms with Gasteiger partial charge in [0, 0.05) is 59.4 Å². The molecule has 5 aromatic rings. The van der Waals surface area contributed by atoms with Crippen LogP contribution in [-0.4, -0.2) is 92.5 Å². The van der Waals surface area contributed by atoms with Crippen molar-refractivity contribution < 1.29 is 42.6 Å². The van der Waals surface area contributed by atoms with Gasteiger partial charge < -0.3 is 38.0 Å². The van der Waals surface area contributed by atoms with Crippen LogP contribution in [0.5, 0.6) is 23.0 Å². The number of ether oxygens (including phenoxy) is 5. The molecule has 0 radical (unpaired) electrons. The zero-order chi connectivity index (χ0) is 45.5. The van der Waals surface area contributed by atoms with Crippen molar-refractivity contribution in [2.45, 2.75) is 50.7 Å². The van der Waals surface area contributed by atoms with Crippen molar-refractivity contribution in [2.24, 2.45) is 4.99 Å². The molecule has 2 aliphatic rings. The standard InChI is InChI=1S/C48H51N5O9S2/c1-48(2,63-64(7)57)30-62-47(56)53(26-36-21-32-14-9-10-17-39(32)51(36)4)41-25-45(42(58-5)22-33(41)27-54)61-29-35-16-12-15-34(50-35)28-60-44-24-38(49-3)37(23-43(44)59-6)46(55)52-20-19-31-13-8-11-18-40(31)52/h8-18,22-25,27,36H,3,19-21,26,28-30H2,1-2,4-7H3. The number of aromatic nitrogens is 1. The van der Waals surface area contributed by atoms with E-state index in [1.165, 1.54) is 36.0 Å². The van der Waals surface area contributed by atoms with E-state index in [0.29, 0.717) is 53.4 Å². The van der Waals surface area contributed by atoms with Crippen LogP contribution in [0.3, 0.4) is 0 Å². The molecule has 3 heterocycles. The van der Waals surface area contributed by atoms with Crippen LogP contribution in [0, 0.1) is 0 Å². The average molecular weight is 906 g/mol. The predicted molar refractivity (Wildman–Crippen MR) is 252 cm³/mol. The maximum absolute atomic E-state index is 14.1. The number of fused-ring (bicyclic) bond motifs is 2. The Morgan fingerprint density at radius 1 is 0.922 bits per heavy atom. The highest BCUT2D eigenvalue weighted by molar-refractivity contribution is 8.72. The number of carbonyl (C=O) groups is 3. The van der Waals surface area contributed by atoms with Crippen LogP contribution in [0.1, 0.15) is 57.1 Å². The van der Waals surface area contributed by atoms with Crippen LogP contribution >= 0.6 is 10.8 Å². The largest absolute Gasteiger partial charge is 0.605 e. The Balaban J connectivity index is 1.09. The molecule has 16 heteroatoms. The van der Waals surface area contributed by atoms with E-state index in [-0.39, 0.29) is 61.1 Å². The fourth-order valence-electron chi connectivity index (χ4n) is 7.92. The summed E-state index contributed by atoms with van der Waals surface area (Å²) in [6, 6.07) is 27.6. The van der Waals surface area contributed by atoms with E-state index >= 15 is 0 Å². The van der Waals surface area contributed by atoms with Crippen LogP contribution in [-0.2, 0) is 41.0 Å². The number of pyridine rings is 1. The first kappa shape index (κ1) is 45.8. The third kappa shape index (κ3) is 10.2. The molecule has 0 saturated heterocycles. The first-order valence-electron chi connectivity index (χ1n) is 20.6. The molecule has 2 atom stereocenters. The number of likely N-dealkylation sites (N-methyl/N-ethyl adjacent to an activating group) is 1. The molecule has 64 heavy (non-hydrogen) atoms. The lowest BCUT2D eigenvalue weighted by Gasteiger charge is -2.31. The zero-order valence-electron chi connectivity index (χ0n) is 36.7. The van der Waals surface area contributed by atoms with Gasteiger partial charge in [-0.2, -0.15) is 0 Å². The first-order chi connectivity index (χ1) is 30.8. The Morgan fingerprint density at radius 2 is 1.56 bits per heavy atom. The topological polar surface area (TPSA) is 155 Å². The molecule has 0 aliphatic carbocycles. The van der Waals surface area contributed by atoms with Gasteiger partial charge in [0.1, 0.15) is 26.1 Å². The number of para-hydroxylation sites is 2. The number of carbonyl (C=O) groups excluding carboxylic acids is 3. The predicted octanol–water partition coefficient (Wildman–Crippen LogP) is 8.41. The van der Waals surface area contributed by atoms with E-state index in [0.717, 1.165) is 28.9 Å². The number of anilines is 3. The summed E-state index contributed by atoms with van der Waals surface area (Å²) in [5.41, 5.74) is 6.51. The van der Waals surface area contributed by atoms with E-state index in [4.69, 9.17) is 28.7 Å². The second-order valence-electron chi connectivity index (χ2n) is 15.9. The minimum absolute atomic E-state index is 0.000937. The lowest BCUT2D eigenvalue weighted by atomic mass is 10.1. The molecule has 4 aromatic carbocycles. The van der Waals surface area contributed by atoms with Gasteiger partial charge in [0.25, 0.3) is 5.91 Å². The van der Waals surface area contributed by atoms with E-state index in [1.54, 1.807) is 35.4 Å². The van der Waals surface area contributed by atoms with Crippen LogP contribution in [0.4, 0.5) is 27.5 Å². The maximum atomic E-state index is 14.1. The number of nitrogens with zero attached hydrogens (tertiary/aromatic N) is 5. The van der Waals surface area contributed by atoms with Gasteiger partial charge in [0.05, 0.1) is 64.1 Å². The molecule has 2 unspecified atom stereocenters. The van der Waals surface area contributed by atoms with Gasteiger partial charge in [0.2, 0.25) is 0 Å². The van der Waals surface area contributed by atoms with Gasteiger partial charge in [0.15, 0.2) is 29.3 Å². The number of amides is 2. The van der Waals surface area contributed by atoms with Crippen molar-refractivity contribution in [3.63, 3.8) is 0 Å². The van der Waals surface area contributed by atoms with Gasteiger partial charge in [-0.15, -0.1) is 0 Å². The van der Waals surface area contributed by atoms with Crippen LogP contribution in [0.15, 0.2) is 96.0 Å². The zero-order valence-corrected chi connectivity index (χ0v) is 38.3. The van der Waals surface area contributed by atoms with Crippen LogP contribution in [0.25, 0.3) is 0 Å². The van der Waals surface area contributed by atoms with E-state index < -0.39 is 21.0 Å². The number of hydrogen-bond acceptors (Lipinski definition) is 13. The third-order valence-corrected chi connectivity index (χ3v) is 13.9. The van der Waals surface area contributed by atoms with Gasteiger partial charge in [-0.1, -0.05) is 42.5 Å². The second kappa shape index (κ2) is 20.1. The number of hydrogen-bond donors (Lipinski definition) is 0. The van der Waals surface area contributed by atoms with Crippen molar-refractivity contribution in [1.82, 2.24) is 4.98 Å². The SMILES string of the molecule is C=Nc1cc(OCc2cccc(COc3cc(N(CC4Cc5ccccc5N4C)C(=O)OCC(C)(C)S[S+](C)[O-])c(C=O)cc3OC)n2)c(OC)cc1C(=O)N1CCc2ccccc21. The quantitative estimate of drug-likeness (QED) is 0.0359. The normalized spacial score (nSPS) is 14.6.